The van der Waals surface area contributed by atoms with E-state index in [0.29, 0.717) is 25.0 Å². The minimum Gasteiger partial charge on any atom is -0.480 e. The van der Waals surface area contributed by atoms with Gasteiger partial charge in [-0.15, -0.1) is 0 Å². The highest BCUT2D eigenvalue weighted by atomic mass is 16.4. The fourth-order valence-electron chi connectivity index (χ4n) is 8.60. The summed E-state index contributed by atoms with van der Waals surface area (Å²) in [5.41, 5.74) is 22.8. The zero-order valence-electron chi connectivity index (χ0n) is 46.3. The minimum absolute atomic E-state index is 0.00905. The molecule has 1 fully saturated rings. The Balaban J connectivity index is 2.25. The number of guanidine groups is 1. The molecule has 29 nitrogen and oxygen atoms in total. The molecule has 1 unspecified atom stereocenters. The number of carboxylic acid groups (broad SMARTS) is 1. The number of hydrogen-bond donors (Lipinski definition) is 17. The Kier molecular flexibility index (Phi) is 30.6. The number of aliphatic carboxylic acids is 1. The molecular formula is C50H88N16O13. The first-order valence-corrected chi connectivity index (χ1v) is 27.1. The van der Waals surface area contributed by atoms with Crippen LogP contribution >= 0.6 is 0 Å². The summed E-state index contributed by atoms with van der Waals surface area (Å²) in [6.07, 6.45) is 5.67. The summed E-state index contributed by atoms with van der Waals surface area (Å²) < 4.78 is 0. The number of rotatable bonds is 36. The zero-order valence-corrected chi connectivity index (χ0v) is 46.3. The number of amides is 9. The van der Waals surface area contributed by atoms with Crippen molar-refractivity contribution in [2.75, 3.05) is 19.6 Å². The van der Waals surface area contributed by atoms with Crippen molar-refractivity contribution >= 4 is 65.1 Å². The van der Waals surface area contributed by atoms with E-state index in [0.717, 1.165) is 46.0 Å². The van der Waals surface area contributed by atoms with E-state index >= 15 is 0 Å². The molecule has 9 amide bonds. The van der Waals surface area contributed by atoms with Crippen molar-refractivity contribution in [1.82, 2.24) is 57.8 Å². The van der Waals surface area contributed by atoms with Crippen molar-refractivity contribution < 1.29 is 63.3 Å². The lowest BCUT2D eigenvalue weighted by Gasteiger charge is -2.30. The molecule has 0 saturated heterocycles. The number of aliphatic imine (C=N–C) groups is 1. The summed E-state index contributed by atoms with van der Waals surface area (Å²) >= 11 is 0. The van der Waals surface area contributed by atoms with Crippen LogP contribution in [0.3, 0.4) is 0 Å². The van der Waals surface area contributed by atoms with Gasteiger partial charge in [-0.3, -0.25) is 48.1 Å². The maximum atomic E-state index is 14.3. The second-order valence-electron chi connectivity index (χ2n) is 20.2. The van der Waals surface area contributed by atoms with Crippen LogP contribution in [0.15, 0.2) is 17.5 Å². The van der Waals surface area contributed by atoms with Gasteiger partial charge in [0.05, 0.1) is 31.1 Å². The first-order chi connectivity index (χ1) is 37.3. The molecule has 2 rings (SSSR count). The SMILES string of the molecule is CCC[C@H](NC(=O)[C@@H](NC(=O)[C@H](CCCN)NC(=O)CNC(=O)[C@@H](NC(=O)[C@@H](NC(=O)[C@H](Cc1cnc[nH]1)NC(=O)[C@H](CC1CCCCC1)NC(=O)[C@H](C)NC(=O)[C@@H](N)CCCN=C(N)N)[C@@H](C)O)[C@@H](C)O)C(C)CC)C(=O)O. The second-order valence-corrected chi connectivity index (χ2v) is 20.2. The number of nitrogens with one attached hydrogen (secondary N) is 10. The number of aromatic nitrogens is 2. The van der Waals surface area contributed by atoms with Crippen molar-refractivity contribution in [3.05, 3.63) is 18.2 Å². The van der Waals surface area contributed by atoms with Gasteiger partial charge in [0.2, 0.25) is 53.2 Å². The molecule has 0 bridgehead atoms. The molecule has 12 atom stereocenters. The van der Waals surface area contributed by atoms with E-state index in [1.165, 1.54) is 19.4 Å². The number of hydrogen-bond acceptors (Lipinski definition) is 16. The first-order valence-electron chi connectivity index (χ1n) is 27.1. The third kappa shape index (κ3) is 24.7. The number of aliphatic hydroxyl groups excluding tert-OH is 2. The molecule has 446 valence electrons. The number of carbonyl (C=O) groups is 10. The Hall–Kier alpha value is -6.98. The van der Waals surface area contributed by atoms with Crippen LogP contribution in [-0.4, -0.2) is 177 Å². The lowest BCUT2D eigenvalue weighted by atomic mass is 9.84. The van der Waals surface area contributed by atoms with E-state index in [1.54, 1.807) is 20.8 Å². The van der Waals surface area contributed by atoms with Gasteiger partial charge >= 0.3 is 5.97 Å². The standard InChI is InChI=1S/C50H88N16O13/c1-7-14-34(49(78)79)61-47(76)38(26(3)8-2)64-43(72)33(18-12-19-51)60-37(69)24-57-46(75)39(28(5)67)66-48(77)40(29(6)68)65-45(74)36(22-31-23-55-25-58-31)63-44(73)35(21-30-15-10-9-11-16-30)62-41(70)27(4)59-42(71)32(52)17-13-20-56-50(53)54/h23,25-30,32-36,38-40,67-68H,7-22,24,51-52H2,1-6H3,(H,55,58)(H,57,75)(H,59,71)(H,60,69)(H,61,76)(H,62,70)(H,63,73)(H,64,72)(H,65,74)(H,66,77)(H,78,79)(H4,53,54,56)/t26?,27-,28+,29+,32-,33-,34-,35-,36-,38-,39-,40-/m0/s1. The molecule has 1 aromatic rings. The number of aromatic amines is 1. The Bertz CT molecular complexity index is 2170. The molecule has 1 heterocycles. The maximum absolute atomic E-state index is 14.3. The van der Waals surface area contributed by atoms with E-state index < -0.39 is 138 Å². The highest BCUT2D eigenvalue weighted by molar-refractivity contribution is 5.98. The number of nitrogens with zero attached hydrogens (tertiary/aromatic N) is 2. The van der Waals surface area contributed by atoms with Crippen LogP contribution in [0, 0.1) is 11.8 Å². The third-order valence-corrected chi connectivity index (χ3v) is 13.5. The Morgan fingerprint density at radius 2 is 1.24 bits per heavy atom. The Labute approximate surface area is 460 Å². The Morgan fingerprint density at radius 3 is 1.81 bits per heavy atom. The van der Waals surface area contributed by atoms with Crippen molar-refractivity contribution in [3.8, 4) is 0 Å². The number of aliphatic hydroxyl groups is 2. The number of carbonyl (C=O) groups excluding carboxylic acids is 9. The van der Waals surface area contributed by atoms with E-state index in [-0.39, 0.29) is 63.5 Å². The summed E-state index contributed by atoms with van der Waals surface area (Å²) in [5.74, 6) is -9.52. The summed E-state index contributed by atoms with van der Waals surface area (Å²) in [6, 6.07) is -12.0. The predicted octanol–water partition coefficient (Wildman–Crippen LogP) is -4.25. The van der Waals surface area contributed by atoms with Crippen molar-refractivity contribution in [2.45, 2.75) is 198 Å². The van der Waals surface area contributed by atoms with Gasteiger partial charge in [-0.2, -0.15) is 0 Å². The third-order valence-electron chi connectivity index (χ3n) is 13.5. The molecule has 1 aromatic heterocycles. The van der Waals surface area contributed by atoms with Gasteiger partial charge in [0.1, 0.15) is 48.3 Å². The normalized spacial score (nSPS) is 17.1. The van der Waals surface area contributed by atoms with Crippen LogP contribution < -0.4 is 70.8 Å². The quantitative estimate of drug-likeness (QED) is 0.0172. The van der Waals surface area contributed by atoms with Crippen molar-refractivity contribution in [3.63, 3.8) is 0 Å². The molecule has 21 N–H and O–H groups in total. The average molecular weight is 1120 g/mol. The van der Waals surface area contributed by atoms with Gasteiger partial charge in [-0.1, -0.05) is 65.7 Å². The summed E-state index contributed by atoms with van der Waals surface area (Å²) in [5, 5.41) is 53.6. The van der Waals surface area contributed by atoms with Crippen LogP contribution in [0.1, 0.15) is 131 Å². The van der Waals surface area contributed by atoms with Crippen LogP contribution in [-0.2, 0) is 54.4 Å². The molecule has 0 spiro atoms. The number of nitrogens with two attached hydrogens (primary N) is 4. The minimum atomic E-state index is -1.81. The lowest BCUT2D eigenvalue weighted by Crippen LogP contribution is -2.62. The maximum Gasteiger partial charge on any atom is 0.326 e. The number of carboxylic acids is 1. The van der Waals surface area contributed by atoms with Crippen LogP contribution in [0.4, 0.5) is 0 Å². The molecule has 0 radical (unpaired) electrons. The van der Waals surface area contributed by atoms with Crippen LogP contribution in [0.5, 0.6) is 0 Å². The monoisotopic (exact) mass is 1120 g/mol. The largest absolute Gasteiger partial charge is 0.480 e. The fraction of sp³-hybridized carbons (Fsp3) is 0.720. The zero-order chi connectivity index (χ0) is 59.4. The van der Waals surface area contributed by atoms with Crippen molar-refractivity contribution in [2.24, 2.45) is 39.8 Å². The number of H-pyrrole nitrogens is 1. The topological polar surface area (TPSA) is 485 Å². The van der Waals surface area contributed by atoms with Crippen LogP contribution in [0.2, 0.25) is 0 Å². The number of imidazole rings is 1. The summed E-state index contributed by atoms with van der Waals surface area (Å²) in [6.45, 7) is 8.53. The molecule has 29 heteroatoms. The summed E-state index contributed by atoms with van der Waals surface area (Å²) in [4.78, 5) is 145. The lowest BCUT2D eigenvalue weighted by molar-refractivity contribution is -0.143. The van der Waals surface area contributed by atoms with E-state index in [1.807, 2.05) is 0 Å². The molecule has 1 saturated carbocycles. The van der Waals surface area contributed by atoms with Gasteiger partial charge in [0.15, 0.2) is 5.96 Å². The molecular weight excluding hydrogens is 1030 g/mol. The van der Waals surface area contributed by atoms with E-state index in [9.17, 15) is 63.3 Å². The average Bonchev–Trinajstić information content (AvgIpc) is 3.92. The van der Waals surface area contributed by atoms with E-state index in [4.69, 9.17) is 22.9 Å². The van der Waals surface area contributed by atoms with E-state index in [2.05, 4.69) is 62.8 Å². The fourth-order valence-corrected chi connectivity index (χ4v) is 8.60. The highest BCUT2D eigenvalue weighted by Crippen LogP contribution is 2.27. The summed E-state index contributed by atoms with van der Waals surface area (Å²) in [7, 11) is 0. The molecule has 1 aliphatic rings. The molecule has 1 aliphatic carbocycles. The molecule has 79 heavy (non-hydrogen) atoms. The van der Waals surface area contributed by atoms with Crippen molar-refractivity contribution in [1.29, 1.82) is 0 Å². The first kappa shape index (κ1) is 68.1. The highest BCUT2D eigenvalue weighted by Gasteiger charge is 2.37. The van der Waals surface area contributed by atoms with Gasteiger partial charge < -0.3 is 91.1 Å². The van der Waals surface area contributed by atoms with Gasteiger partial charge in [0.25, 0.3) is 0 Å². The smallest absolute Gasteiger partial charge is 0.326 e. The van der Waals surface area contributed by atoms with Gasteiger partial charge in [0, 0.05) is 24.9 Å². The van der Waals surface area contributed by atoms with Gasteiger partial charge in [-0.05, 0) is 77.7 Å². The van der Waals surface area contributed by atoms with Gasteiger partial charge in [-0.25, -0.2) is 9.78 Å². The Morgan fingerprint density at radius 1 is 0.671 bits per heavy atom. The van der Waals surface area contributed by atoms with Crippen LogP contribution in [0.25, 0.3) is 0 Å². The molecule has 0 aromatic carbocycles. The molecule has 0 aliphatic heterocycles. The predicted molar refractivity (Wildman–Crippen MR) is 289 cm³/mol. The second kappa shape index (κ2) is 35.5.